The zero-order valence-electron chi connectivity index (χ0n) is 10.1. The molecule has 5 heteroatoms. The normalized spacial score (nSPS) is 14.8. The highest BCUT2D eigenvalue weighted by Gasteiger charge is 2.23. The molecular weight excluding hydrogens is 310 g/mol. The van der Waals surface area contributed by atoms with Gasteiger partial charge in [-0.15, -0.1) is 0 Å². The van der Waals surface area contributed by atoms with Crippen LogP contribution in [0.5, 0.6) is 0 Å². The van der Waals surface area contributed by atoms with E-state index in [0.717, 1.165) is 17.3 Å². The minimum Gasteiger partial charge on any atom is -0.478 e. The van der Waals surface area contributed by atoms with Gasteiger partial charge in [0.1, 0.15) is 0 Å². The Morgan fingerprint density at radius 3 is 2.74 bits per heavy atom. The quantitative estimate of drug-likeness (QED) is 0.945. The van der Waals surface area contributed by atoms with Crippen molar-refractivity contribution in [2.45, 2.75) is 19.4 Å². The number of aromatic nitrogens is 1. The molecule has 3 rings (SSSR count). The second-order valence-electron chi connectivity index (χ2n) is 4.94. The van der Waals surface area contributed by atoms with Gasteiger partial charge in [-0.1, -0.05) is 15.9 Å². The molecule has 1 N–H and O–H groups in total. The van der Waals surface area contributed by atoms with Crippen LogP contribution in [0.4, 0.5) is 0 Å². The summed E-state index contributed by atoms with van der Waals surface area (Å²) in [6, 6.07) is 5.12. The number of benzene rings is 1. The number of carbonyl (C=O) groups is 1. The van der Waals surface area contributed by atoms with Gasteiger partial charge in [-0.25, -0.2) is 4.79 Å². The molecule has 0 bridgehead atoms. The Labute approximate surface area is 117 Å². The van der Waals surface area contributed by atoms with Gasteiger partial charge in [0, 0.05) is 28.0 Å². The minimum absolute atomic E-state index is 0.112. The highest BCUT2D eigenvalue weighted by Crippen LogP contribution is 2.30. The van der Waals surface area contributed by atoms with Crippen molar-refractivity contribution in [3.63, 3.8) is 0 Å². The second kappa shape index (κ2) is 4.49. The first kappa shape index (κ1) is 12.4. The summed E-state index contributed by atoms with van der Waals surface area (Å²) in [7, 11) is 0. The molecule has 1 saturated carbocycles. The lowest BCUT2D eigenvalue weighted by Crippen LogP contribution is -2.22. The summed E-state index contributed by atoms with van der Waals surface area (Å²) in [5.74, 6) is -0.486. The summed E-state index contributed by atoms with van der Waals surface area (Å²) in [6.07, 6.45) is 3.71. The minimum atomic E-state index is -1.01. The molecule has 1 fully saturated rings. The molecule has 98 valence electrons. The molecule has 1 aliphatic carbocycles. The third-order valence-electron chi connectivity index (χ3n) is 3.43. The summed E-state index contributed by atoms with van der Waals surface area (Å²) in [4.78, 5) is 23.7. The lowest BCUT2D eigenvalue weighted by Gasteiger charge is -2.10. The lowest BCUT2D eigenvalue weighted by molar-refractivity contribution is 0.0698. The summed E-state index contributed by atoms with van der Waals surface area (Å²) in [5.41, 5.74) is 0.0657. The molecule has 19 heavy (non-hydrogen) atoms. The van der Waals surface area contributed by atoms with Crippen molar-refractivity contribution in [1.82, 2.24) is 4.57 Å². The first-order valence-corrected chi connectivity index (χ1v) is 6.91. The van der Waals surface area contributed by atoms with Crippen LogP contribution in [0.1, 0.15) is 23.2 Å². The number of halogens is 1. The van der Waals surface area contributed by atoms with Crippen molar-refractivity contribution in [3.05, 3.63) is 44.8 Å². The van der Waals surface area contributed by atoms with Gasteiger partial charge in [-0.3, -0.25) is 4.79 Å². The summed E-state index contributed by atoms with van der Waals surface area (Å²) < 4.78 is 2.30. The van der Waals surface area contributed by atoms with Crippen molar-refractivity contribution >= 4 is 32.7 Å². The Bertz CT molecular complexity index is 731. The predicted molar refractivity (Wildman–Crippen MR) is 75.6 cm³/mol. The summed E-state index contributed by atoms with van der Waals surface area (Å²) >= 11 is 3.31. The number of fused-ring (bicyclic) bond motifs is 1. The highest BCUT2D eigenvalue weighted by atomic mass is 79.9. The van der Waals surface area contributed by atoms with Crippen LogP contribution in [0.15, 0.2) is 33.7 Å². The molecule has 0 aliphatic heterocycles. The zero-order valence-corrected chi connectivity index (χ0v) is 11.7. The highest BCUT2D eigenvalue weighted by molar-refractivity contribution is 9.10. The maximum absolute atomic E-state index is 12.3. The van der Waals surface area contributed by atoms with Crippen LogP contribution in [0, 0.1) is 5.92 Å². The average Bonchev–Trinajstić information content (AvgIpc) is 3.16. The van der Waals surface area contributed by atoms with Crippen molar-refractivity contribution in [2.24, 2.45) is 5.92 Å². The smallest absolute Gasteiger partial charge is 0.337 e. The maximum atomic E-state index is 12.3. The number of rotatable bonds is 3. The lowest BCUT2D eigenvalue weighted by atomic mass is 10.1. The Kier molecular flexibility index (Phi) is 2.93. The number of carboxylic acids is 1. The fourth-order valence-electron chi connectivity index (χ4n) is 2.25. The third kappa shape index (κ3) is 2.30. The van der Waals surface area contributed by atoms with Crippen molar-refractivity contribution in [3.8, 4) is 0 Å². The van der Waals surface area contributed by atoms with Gasteiger partial charge in [0.15, 0.2) is 0 Å². The van der Waals surface area contributed by atoms with E-state index in [1.807, 2.05) is 0 Å². The van der Waals surface area contributed by atoms with E-state index in [0.29, 0.717) is 23.2 Å². The molecule has 2 aromatic rings. The molecule has 1 aromatic carbocycles. The van der Waals surface area contributed by atoms with Crippen LogP contribution in [-0.4, -0.2) is 15.6 Å². The SMILES string of the molecule is O=C(O)c1cn(CC2CC2)c(=O)c2ccc(Br)cc12. The fourth-order valence-corrected chi connectivity index (χ4v) is 2.61. The van der Waals surface area contributed by atoms with Gasteiger partial charge in [0.2, 0.25) is 0 Å². The van der Waals surface area contributed by atoms with Crippen molar-refractivity contribution < 1.29 is 9.90 Å². The molecule has 1 heterocycles. The number of hydrogen-bond donors (Lipinski definition) is 1. The molecule has 0 spiro atoms. The topological polar surface area (TPSA) is 59.3 Å². The van der Waals surface area contributed by atoms with Gasteiger partial charge in [0.25, 0.3) is 5.56 Å². The van der Waals surface area contributed by atoms with E-state index in [1.165, 1.54) is 10.8 Å². The molecule has 0 unspecified atom stereocenters. The Morgan fingerprint density at radius 1 is 1.37 bits per heavy atom. The largest absolute Gasteiger partial charge is 0.478 e. The van der Waals surface area contributed by atoms with E-state index in [-0.39, 0.29) is 11.1 Å². The molecule has 0 saturated heterocycles. The Hall–Kier alpha value is -1.62. The van der Waals surface area contributed by atoms with E-state index < -0.39 is 5.97 Å². The monoisotopic (exact) mass is 321 g/mol. The van der Waals surface area contributed by atoms with Crippen molar-refractivity contribution in [2.75, 3.05) is 0 Å². The number of aromatic carboxylic acids is 1. The van der Waals surface area contributed by atoms with Crippen LogP contribution in [0.2, 0.25) is 0 Å². The number of pyridine rings is 1. The van der Waals surface area contributed by atoms with E-state index in [9.17, 15) is 14.7 Å². The van der Waals surface area contributed by atoms with E-state index in [4.69, 9.17) is 0 Å². The molecule has 1 aromatic heterocycles. The van der Waals surface area contributed by atoms with E-state index in [2.05, 4.69) is 15.9 Å². The van der Waals surface area contributed by atoms with Crippen LogP contribution < -0.4 is 5.56 Å². The predicted octanol–water partition coefficient (Wildman–Crippen LogP) is 2.87. The van der Waals surface area contributed by atoms with Crippen molar-refractivity contribution in [1.29, 1.82) is 0 Å². The van der Waals surface area contributed by atoms with E-state index in [1.54, 1.807) is 18.2 Å². The number of hydrogen-bond acceptors (Lipinski definition) is 2. The van der Waals surface area contributed by atoms with Crippen LogP contribution in [-0.2, 0) is 6.54 Å². The third-order valence-corrected chi connectivity index (χ3v) is 3.92. The molecule has 1 aliphatic rings. The Balaban J connectivity index is 2.29. The van der Waals surface area contributed by atoms with Gasteiger partial charge in [0.05, 0.1) is 5.56 Å². The maximum Gasteiger partial charge on any atom is 0.337 e. The van der Waals surface area contributed by atoms with Gasteiger partial charge in [-0.05, 0) is 37.0 Å². The molecule has 0 radical (unpaired) electrons. The van der Waals surface area contributed by atoms with Crippen LogP contribution in [0.3, 0.4) is 0 Å². The first-order valence-electron chi connectivity index (χ1n) is 6.12. The number of nitrogens with zero attached hydrogens (tertiary/aromatic N) is 1. The first-order chi connectivity index (χ1) is 9.06. The molecular formula is C14H12BrNO3. The summed E-state index contributed by atoms with van der Waals surface area (Å²) in [6.45, 7) is 0.616. The summed E-state index contributed by atoms with van der Waals surface area (Å²) in [5, 5.41) is 10.3. The Morgan fingerprint density at radius 2 is 2.11 bits per heavy atom. The zero-order chi connectivity index (χ0) is 13.6. The van der Waals surface area contributed by atoms with Gasteiger partial charge >= 0.3 is 5.97 Å². The van der Waals surface area contributed by atoms with Gasteiger partial charge < -0.3 is 9.67 Å². The fraction of sp³-hybridized carbons (Fsp3) is 0.286. The number of carboxylic acid groups (broad SMARTS) is 1. The van der Waals surface area contributed by atoms with Crippen LogP contribution in [0.25, 0.3) is 10.8 Å². The van der Waals surface area contributed by atoms with Crippen LogP contribution >= 0.6 is 15.9 Å². The molecule has 0 amide bonds. The standard InChI is InChI=1S/C14H12BrNO3/c15-9-3-4-10-11(5-9)12(14(18)19)7-16(13(10)17)6-8-1-2-8/h3-5,7-8H,1-2,6H2,(H,18,19). The van der Waals surface area contributed by atoms with Gasteiger partial charge in [-0.2, -0.15) is 0 Å². The average molecular weight is 322 g/mol. The second-order valence-corrected chi connectivity index (χ2v) is 5.85. The molecule has 0 atom stereocenters. The van der Waals surface area contributed by atoms with E-state index >= 15 is 0 Å². The molecule has 4 nitrogen and oxygen atoms in total.